The molecule has 0 aliphatic heterocycles. The minimum absolute atomic E-state index is 0.145. The van der Waals surface area contributed by atoms with Gasteiger partial charge in [0.25, 0.3) is 0 Å². The number of benzene rings is 2. The second-order valence-electron chi connectivity index (χ2n) is 7.88. The molecule has 0 aromatic heterocycles. The van der Waals surface area contributed by atoms with Gasteiger partial charge in [-0.3, -0.25) is 14.1 Å². The van der Waals surface area contributed by atoms with Gasteiger partial charge in [0.15, 0.2) is 0 Å². The van der Waals surface area contributed by atoms with Crippen LogP contribution in [0.1, 0.15) is 31.9 Å². The van der Waals surface area contributed by atoms with Crippen molar-refractivity contribution >= 4 is 28.0 Å². The fourth-order valence-corrected chi connectivity index (χ4v) is 3.09. The summed E-state index contributed by atoms with van der Waals surface area (Å²) in [7, 11) is -4.38. The zero-order valence-corrected chi connectivity index (χ0v) is 18.4. The second kappa shape index (κ2) is 10.3. The molecule has 31 heavy (non-hydrogen) atoms. The van der Waals surface area contributed by atoms with Crippen LogP contribution in [0.4, 0.5) is 10.5 Å². The first-order valence-electron chi connectivity index (χ1n) is 9.56. The lowest BCUT2D eigenvalue weighted by Gasteiger charge is -2.23. The molecule has 168 valence electrons. The van der Waals surface area contributed by atoms with Gasteiger partial charge in [0.2, 0.25) is 5.91 Å². The normalized spacial score (nSPS) is 12.5. The zero-order valence-electron chi connectivity index (χ0n) is 17.6. The minimum Gasteiger partial charge on any atom is -0.444 e. The predicted octanol–water partition coefficient (Wildman–Crippen LogP) is 2.65. The Morgan fingerprint density at radius 1 is 1.00 bits per heavy atom. The molecule has 2 rings (SSSR count). The largest absolute Gasteiger partial charge is 0.444 e. The highest BCUT2D eigenvalue weighted by molar-refractivity contribution is 7.87. The minimum atomic E-state index is -4.38. The summed E-state index contributed by atoms with van der Waals surface area (Å²) in [5.41, 5.74) is 1.01. The van der Waals surface area contributed by atoms with Crippen molar-refractivity contribution in [2.45, 2.75) is 45.4 Å². The molecule has 0 bridgehead atoms. The number of amides is 2. The predicted molar refractivity (Wildman–Crippen MR) is 117 cm³/mol. The summed E-state index contributed by atoms with van der Waals surface area (Å²) in [6, 6.07) is 14.5. The molecule has 0 saturated heterocycles. The number of ether oxygens (including phenoxy) is 1. The highest BCUT2D eigenvalue weighted by atomic mass is 32.2. The third-order valence-corrected chi connectivity index (χ3v) is 4.45. The van der Waals surface area contributed by atoms with Crippen molar-refractivity contribution < 1.29 is 27.3 Å². The van der Waals surface area contributed by atoms with E-state index in [2.05, 4.69) is 10.6 Å². The summed E-state index contributed by atoms with van der Waals surface area (Å²) in [4.78, 5) is 25.0. The van der Waals surface area contributed by atoms with Crippen LogP contribution >= 0.6 is 0 Å². The number of alkyl carbamates (subject to hydrolysis) is 1. The van der Waals surface area contributed by atoms with E-state index in [9.17, 15) is 18.0 Å². The van der Waals surface area contributed by atoms with Gasteiger partial charge in [-0.25, -0.2) is 4.79 Å². The average molecular weight is 450 g/mol. The third-order valence-electron chi connectivity index (χ3n) is 3.96. The van der Waals surface area contributed by atoms with E-state index in [0.717, 1.165) is 5.56 Å². The summed E-state index contributed by atoms with van der Waals surface area (Å²) < 4.78 is 37.9. The first-order chi connectivity index (χ1) is 14.4. The number of rotatable bonds is 8. The Labute approximate surface area is 182 Å². The summed E-state index contributed by atoms with van der Waals surface area (Å²) in [5, 5.41) is 5.38. The van der Waals surface area contributed by atoms with Gasteiger partial charge in [-0.15, -0.1) is 0 Å². The van der Waals surface area contributed by atoms with Crippen LogP contribution in [-0.2, 0) is 32.8 Å². The second-order valence-corrected chi connectivity index (χ2v) is 9.03. The van der Waals surface area contributed by atoms with Gasteiger partial charge in [0.05, 0.1) is 5.69 Å². The topological polar surface area (TPSA) is 134 Å². The molecule has 9 nitrogen and oxygen atoms in total. The van der Waals surface area contributed by atoms with Crippen LogP contribution in [0.3, 0.4) is 0 Å². The van der Waals surface area contributed by atoms with Crippen molar-refractivity contribution in [1.29, 1.82) is 0 Å². The number of carbonyl (C=O) groups is 2. The molecule has 0 saturated carbocycles. The van der Waals surface area contributed by atoms with Crippen molar-refractivity contribution in [1.82, 2.24) is 10.6 Å². The molecule has 0 fully saturated rings. The van der Waals surface area contributed by atoms with E-state index >= 15 is 0 Å². The van der Waals surface area contributed by atoms with Crippen molar-refractivity contribution in [2.24, 2.45) is 0 Å². The summed E-state index contributed by atoms with van der Waals surface area (Å²) in [6.07, 6.45) is -0.580. The van der Waals surface area contributed by atoms with Gasteiger partial charge in [0.1, 0.15) is 11.6 Å². The number of anilines is 1. The summed E-state index contributed by atoms with van der Waals surface area (Å²) in [5.74, 6) is -0.394. The van der Waals surface area contributed by atoms with Crippen LogP contribution in [-0.4, -0.2) is 36.6 Å². The van der Waals surface area contributed by atoms with Crippen molar-refractivity contribution in [3.8, 4) is 0 Å². The third kappa shape index (κ3) is 9.49. The maximum absolute atomic E-state index is 12.8. The number of hydrogen-bond donors (Lipinski definition) is 4. The molecule has 2 aromatic carbocycles. The molecule has 2 aromatic rings. The van der Waals surface area contributed by atoms with E-state index in [1.807, 2.05) is 35.1 Å². The van der Waals surface area contributed by atoms with Gasteiger partial charge in [0, 0.05) is 13.0 Å². The van der Waals surface area contributed by atoms with Gasteiger partial charge in [-0.2, -0.15) is 8.42 Å². The van der Waals surface area contributed by atoms with E-state index in [4.69, 9.17) is 9.29 Å². The Balaban J connectivity index is 2.10. The molecular formula is C21H27N3O6S. The Bertz CT molecular complexity index is 986. The molecule has 1 atom stereocenters. The molecule has 10 heteroatoms. The van der Waals surface area contributed by atoms with E-state index in [-0.39, 0.29) is 12.1 Å². The molecule has 0 spiro atoms. The molecule has 2 amide bonds. The Hall–Kier alpha value is -3.11. The summed E-state index contributed by atoms with van der Waals surface area (Å²) >= 11 is 0. The number of nitrogens with one attached hydrogen (secondary N) is 3. The first-order valence-corrected chi connectivity index (χ1v) is 11.0. The van der Waals surface area contributed by atoms with E-state index < -0.39 is 33.9 Å². The van der Waals surface area contributed by atoms with Crippen LogP contribution < -0.4 is 15.4 Å². The Kier molecular flexibility index (Phi) is 8.01. The van der Waals surface area contributed by atoms with Crippen LogP contribution in [0.5, 0.6) is 0 Å². The lowest BCUT2D eigenvalue weighted by Crippen LogP contribution is -2.49. The van der Waals surface area contributed by atoms with Crippen LogP contribution in [0, 0.1) is 0 Å². The fourth-order valence-electron chi connectivity index (χ4n) is 2.66. The zero-order chi connectivity index (χ0) is 23.1. The number of hydrogen-bond acceptors (Lipinski definition) is 5. The molecule has 0 unspecified atom stereocenters. The van der Waals surface area contributed by atoms with Crippen molar-refractivity contribution in [3.05, 3.63) is 65.7 Å². The van der Waals surface area contributed by atoms with E-state index in [0.29, 0.717) is 12.1 Å². The Morgan fingerprint density at radius 3 is 2.16 bits per heavy atom. The highest BCUT2D eigenvalue weighted by Gasteiger charge is 2.24. The maximum Gasteiger partial charge on any atom is 0.408 e. The lowest BCUT2D eigenvalue weighted by molar-refractivity contribution is -0.123. The standard InChI is InChI=1S/C21H27N3O6S/c1-21(2,3)30-20(26)23-18(19(25)22-14-16-7-5-4-6-8-16)13-15-9-11-17(12-10-15)24-31(27,28)29/h4-12,18,24H,13-14H2,1-3H3,(H,22,25)(H,23,26)(H,27,28,29)/t18-/m0/s1. The van der Waals surface area contributed by atoms with Crippen LogP contribution in [0.2, 0.25) is 0 Å². The number of carbonyl (C=O) groups excluding carboxylic acids is 2. The molecule has 0 aliphatic rings. The van der Waals surface area contributed by atoms with E-state index in [1.54, 1.807) is 32.9 Å². The summed E-state index contributed by atoms with van der Waals surface area (Å²) in [6.45, 7) is 5.46. The molecule has 0 radical (unpaired) electrons. The van der Waals surface area contributed by atoms with E-state index in [1.165, 1.54) is 12.1 Å². The highest BCUT2D eigenvalue weighted by Crippen LogP contribution is 2.13. The lowest BCUT2D eigenvalue weighted by atomic mass is 10.0. The molecular weight excluding hydrogens is 422 g/mol. The SMILES string of the molecule is CC(C)(C)OC(=O)N[C@@H](Cc1ccc(NS(=O)(=O)O)cc1)C(=O)NCc1ccccc1. The van der Waals surface area contributed by atoms with Crippen molar-refractivity contribution in [3.63, 3.8) is 0 Å². The van der Waals surface area contributed by atoms with Gasteiger partial charge < -0.3 is 15.4 Å². The Morgan fingerprint density at radius 2 is 1.61 bits per heavy atom. The quantitative estimate of drug-likeness (QED) is 0.458. The fraction of sp³-hybridized carbons (Fsp3) is 0.333. The molecule has 0 heterocycles. The van der Waals surface area contributed by atoms with Gasteiger partial charge >= 0.3 is 16.4 Å². The maximum atomic E-state index is 12.8. The van der Waals surface area contributed by atoms with Gasteiger partial charge in [-0.1, -0.05) is 42.5 Å². The monoisotopic (exact) mass is 449 g/mol. The smallest absolute Gasteiger partial charge is 0.408 e. The first kappa shape index (κ1) is 24.2. The van der Waals surface area contributed by atoms with Crippen molar-refractivity contribution in [2.75, 3.05) is 4.72 Å². The molecule has 4 N–H and O–H groups in total. The average Bonchev–Trinajstić information content (AvgIpc) is 2.65. The van der Waals surface area contributed by atoms with Crippen LogP contribution in [0.15, 0.2) is 54.6 Å². The van der Waals surface area contributed by atoms with Gasteiger partial charge in [-0.05, 0) is 44.0 Å². The van der Waals surface area contributed by atoms with Crippen LogP contribution in [0.25, 0.3) is 0 Å². The molecule has 0 aliphatic carbocycles.